The molecular weight excluding hydrogens is 182 g/mol. The van der Waals surface area contributed by atoms with Gasteiger partial charge in [-0.15, -0.1) is 0 Å². The van der Waals surface area contributed by atoms with Crippen molar-refractivity contribution in [3.8, 4) is 0 Å². The van der Waals surface area contributed by atoms with Crippen LogP contribution in [0.5, 0.6) is 0 Å². The van der Waals surface area contributed by atoms with Crippen LogP contribution in [0.4, 0.5) is 0 Å². The van der Waals surface area contributed by atoms with Crippen molar-refractivity contribution < 1.29 is 14.7 Å². The standard InChI is InChI=1S/C10H15NO3/c1-2-8(10(13)14)11-9(12)6-7-4-3-5-7/h2,7H,3-6H2,1H3,(H,11,12)(H,13,14)/b8-2-. The molecule has 0 spiro atoms. The highest BCUT2D eigenvalue weighted by atomic mass is 16.4. The van der Waals surface area contributed by atoms with Crippen molar-refractivity contribution in [1.29, 1.82) is 0 Å². The number of allylic oxidation sites excluding steroid dienone is 1. The Kier molecular flexibility index (Phi) is 3.68. The van der Waals surface area contributed by atoms with E-state index in [1.54, 1.807) is 6.92 Å². The molecule has 0 saturated heterocycles. The van der Waals surface area contributed by atoms with E-state index in [2.05, 4.69) is 5.32 Å². The molecule has 0 aromatic carbocycles. The zero-order valence-electron chi connectivity index (χ0n) is 8.25. The van der Waals surface area contributed by atoms with Gasteiger partial charge in [0.25, 0.3) is 0 Å². The molecule has 0 aromatic rings. The van der Waals surface area contributed by atoms with Crippen LogP contribution in [0, 0.1) is 5.92 Å². The number of nitrogens with one attached hydrogen (secondary N) is 1. The third-order valence-electron chi connectivity index (χ3n) is 2.49. The van der Waals surface area contributed by atoms with Gasteiger partial charge in [-0.05, 0) is 25.7 Å². The van der Waals surface area contributed by atoms with Gasteiger partial charge in [0.2, 0.25) is 5.91 Å². The van der Waals surface area contributed by atoms with E-state index in [9.17, 15) is 9.59 Å². The molecule has 0 unspecified atom stereocenters. The molecule has 1 fully saturated rings. The molecular formula is C10H15NO3. The second kappa shape index (κ2) is 4.79. The van der Waals surface area contributed by atoms with Gasteiger partial charge < -0.3 is 10.4 Å². The van der Waals surface area contributed by atoms with E-state index in [1.807, 2.05) is 0 Å². The third-order valence-corrected chi connectivity index (χ3v) is 2.49. The number of aliphatic carboxylic acids is 1. The molecule has 2 N–H and O–H groups in total. The van der Waals surface area contributed by atoms with Gasteiger partial charge >= 0.3 is 5.97 Å². The molecule has 1 amide bonds. The maximum absolute atomic E-state index is 11.3. The molecule has 1 saturated carbocycles. The van der Waals surface area contributed by atoms with Crippen molar-refractivity contribution in [2.45, 2.75) is 32.6 Å². The maximum Gasteiger partial charge on any atom is 0.352 e. The Morgan fingerprint density at radius 1 is 1.50 bits per heavy atom. The Hall–Kier alpha value is -1.32. The summed E-state index contributed by atoms with van der Waals surface area (Å²) in [5.74, 6) is -0.818. The van der Waals surface area contributed by atoms with Crippen molar-refractivity contribution in [3.63, 3.8) is 0 Å². The monoisotopic (exact) mass is 197 g/mol. The number of hydrogen-bond donors (Lipinski definition) is 2. The minimum absolute atomic E-state index is 0.0330. The lowest BCUT2D eigenvalue weighted by Crippen LogP contribution is -2.30. The van der Waals surface area contributed by atoms with Gasteiger partial charge in [-0.1, -0.05) is 12.5 Å². The first-order chi connectivity index (χ1) is 6.63. The minimum atomic E-state index is -1.09. The van der Waals surface area contributed by atoms with E-state index in [1.165, 1.54) is 12.5 Å². The van der Waals surface area contributed by atoms with E-state index in [0.29, 0.717) is 12.3 Å². The van der Waals surface area contributed by atoms with Crippen LogP contribution < -0.4 is 5.32 Å². The Morgan fingerprint density at radius 2 is 2.14 bits per heavy atom. The SMILES string of the molecule is C/C=C(\NC(=O)CC1CCC1)C(=O)O. The van der Waals surface area contributed by atoms with E-state index in [0.717, 1.165) is 12.8 Å². The van der Waals surface area contributed by atoms with Crippen molar-refractivity contribution in [3.05, 3.63) is 11.8 Å². The largest absolute Gasteiger partial charge is 0.477 e. The fraction of sp³-hybridized carbons (Fsp3) is 0.600. The lowest BCUT2D eigenvalue weighted by atomic mass is 9.83. The number of carboxylic acids is 1. The summed E-state index contributed by atoms with van der Waals surface area (Å²) in [7, 11) is 0. The number of carbonyl (C=O) groups is 2. The molecule has 1 aliphatic rings. The Balaban J connectivity index is 2.34. The summed E-state index contributed by atoms with van der Waals surface area (Å²) in [5.41, 5.74) is -0.0330. The number of rotatable bonds is 4. The average Bonchev–Trinajstić information content (AvgIpc) is 2.07. The second-order valence-corrected chi connectivity index (χ2v) is 3.56. The zero-order chi connectivity index (χ0) is 10.6. The van der Waals surface area contributed by atoms with E-state index < -0.39 is 5.97 Å². The lowest BCUT2D eigenvalue weighted by molar-refractivity contribution is -0.134. The van der Waals surface area contributed by atoms with Crippen LogP contribution in [0.3, 0.4) is 0 Å². The molecule has 0 aromatic heterocycles. The van der Waals surface area contributed by atoms with Crippen molar-refractivity contribution >= 4 is 11.9 Å². The summed E-state index contributed by atoms with van der Waals surface area (Å²) < 4.78 is 0. The van der Waals surface area contributed by atoms with Crippen LogP contribution in [-0.2, 0) is 9.59 Å². The van der Waals surface area contributed by atoms with Crippen molar-refractivity contribution in [2.75, 3.05) is 0 Å². The molecule has 14 heavy (non-hydrogen) atoms. The first-order valence-corrected chi connectivity index (χ1v) is 4.83. The first-order valence-electron chi connectivity index (χ1n) is 4.83. The van der Waals surface area contributed by atoms with Gasteiger partial charge in [-0.2, -0.15) is 0 Å². The smallest absolute Gasteiger partial charge is 0.352 e. The summed E-state index contributed by atoms with van der Waals surface area (Å²) in [4.78, 5) is 21.9. The van der Waals surface area contributed by atoms with Gasteiger partial charge in [0, 0.05) is 6.42 Å². The summed E-state index contributed by atoms with van der Waals surface area (Å²) >= 11 is 0. The van der Waals surface area contributed by atoms with Crippen LogP contribution in [0.15, 0.2) is 11.8 Å². The summed E-state index contributed by atoms with van der Waals surface area (Å²) in [6.45, 7) is 1.59. The molecule has 78 valence electrons. The fourth-order valence-corrected chi connectivity index (χ4v) is 1.41. The van der Waals surface area contributed by atoms with E-state index in [4.69, 9.17) is 5.11 Å². The van der Waals surface area contributed by atoms with Gasteiger partial charge in [0.1, 0.15) is 5.70 Å². The predicted molar refractivity (Wildman–Crippen MR) is 51.5 cm³/mol. The highest BCUT2D eigenvalue weighted by molar-refractivity contribution is 5.92. The van der Waals surface area contributed by atoms with Crippen molar-refractivity contribution in [2.24, 2.45) is 5.92 Å². The van der Waals surface area contributed by atoms with Crippen LogP contribution in [0.25, 0.3) is 0 Å². The lowest BCUT2D eigenvalue weighted by Gasteiger charge is -2.24. The molecule has 0 aliphatic heterocycles. The van der Waals surface area contributed by atoms with Gasteiger partial charge in [-0.25, -0.2) is 4.79 Å². The molecule has 1 aliphatic carbocycles. The predicted octanol–water partition coefficient (Wildman–Crippen LogP) is 1.28. The molecule has 4 heteroatoms. The maximum atomic E-state index is 11.3. The fourth-order valence-electron chi connectivity index (χ4n) is 1.41. The number of carboxylic acid groups (broad SMARTS) is 1. The number of hydrogen-bond acceptors (Lipinski definition) is 2. The second-order valence-electron chi connectivity index (χ2n) is 3.56. The molecule has 0 heterocycles. The molecule has 0 bridgehead atoms. The van der Waals surface area contributed by atoms with Gasteiger partial charge in [0.15, 0.2) is 0 Å². The number of carbonyl (C=O) groups excluding carboxylic acids is 1. The molecule has 1 rings (SSSR count). The summed E-state index contributed by atoms with van der Waals surface area (Å²) in [6.07, 6.45) is 5.20. The first kappa shape index (κ1) is 10.8. The van der Waals surface area contributed by atoms with Gasteiger partial charge in [0.05, 0.1) is 0 Å². The van der Waals surface area contributed by atoms with E-state index >= 15 is 0 Å². The molecule has 0 atom stereocenters. The van der Waals surface area contributed by atoms with Crippen LogP contribution in [0.2, 0.25) is 0 Å². The topological polar surface area (TPSA) is 66.4 Å². The van der Waals surface area contributed by atoms with Crippen molar-refractivity contribution in [1.82, 2.24) is 5.32 Å². The van der Waals surface area contributed by atoms with Crippen LogP contribution in [-0.4, -0.2) is 17.0 Å². The molecule has 4 nitrogen and oxygen atoms in total. The molecule has 0 radical (unpaired) electrons. The zero-order valence-corrected chi connectivity index (χ0v) is 8.25. The third kappa shape index (κ3) is 2.87. The summed E-state index contributed by atoms with van der Waals surface area (Å²) in [5, 5.41) is 11.0. The Bertz CT molecular complexity index is 267. The average molecular weight is 197 g/mol. The minimum Gasteiger partial charge on any atom is -0.477 e. The Labute approximate surface area is 83.0 Å². The quantitative estimate of drug-likeness (QED) is 0.667. The number of amides is 1. The van der Waals surface area contributed by atoms with Gasteiger partial charge in [-0.3, -0.25) is 4.79 Å². The van der Waals surface area contributed by atoms with Crippen LogP contribution in [0.1, 0.15) is 32.6 Å². The van der Waals surface area contributed by atoms with Crippen LogP contribution >= 0.6 is 0 Å². The highest BCUT2D eigenvalue weighted by Crippen LogP contribution is 2.29. The Morgan fingerprint density at radius 3 is 2.50 bits per heavy atom. The van der Waals surface area contributed by atoms with E-state index in [-0.39, 0.29) is 11.6 Å². The normalized spacial score (nSPS) is 17.4. The summed E-state index contributed by atoms with van der Waals surface area (Å²) in [6, 6.07) is 0. The highest BCUT2D eigenvalue weighted by Gasteiger charge is 2.21.